The second-order valence-electron chi connectivity index (χ2n) is 5.41. The largest absolute Gasteiger partial charge is 0.468 e. The van der Waals surface area contributed by atoms with Crippen molar-refractivity contribution in [1.29, 1.82) is 0 Å². The highest BCUT2D eigenvalue weighted by Crippen LogP contribution is 2.19. The maximum absolute atomic E-state index is 12.3. The topological polar surface area (TPSA) is 97.3 Å². The molecular weight excluding hydrogens is 302 g/mol. The van der Waals surface area contributed by atoms with Gasteiger partial charge in [0.05, 0.1) is 25.3 Å². The van der Waals surface area contributed by atoms with Crippen molar-refractivity contribution in [2.24, 2.45) is 5.92 Å². The van der Waals surface area contributed by atoms with Crippen molar-refractivity contribution in [3.63, 3.8) is 0 Å². The molecule has 1 fully saturated rings. The summed E-state index contributed by atoms with van der Waals surface area (Å²) in [5.41, 5.74) is 5.53. The van der Waals surface area contributed by atoms with Gasteiger partial charge in [-0.2, -0.15) is 0 Å². The predicted octanol–water partition coefficient (Wildman–Crippen LogP) is 1.24. The van der Waals surface area contributed by atoms with Crippen molar-refractivity contribution in [3.8, 4) is 0 Å². The molecule has 7 nitrogen and oxygen atoms in total. The standard InChI is InChI=1S/C14H19N5O2S/c15-14-18-17-12(22-14)7-16-13(20)10-3-1-5-19(8-10)9-11-4-2-6-21-11/h2,4,6,10H,1,3,5,7-9H2,(H2,15,18)(H,16,20)/t10-/m1/s1. The van der Waals surface area contributed by atoms with Crippen molar-refractivity contribution in [2.75, 3.05) is 18.8 Å². The molecule has 0 saturated carbocycles. The fraction of sp³-hybridized carbons (Fsp3) is 0.500. The normalized spacial score (nSPS) is 19.2. The third-order valence-electron chi connectivity index (χ3n) is 3.73. The van der Waals surface area contributed by atoms with Gasteiger partial charge in [-0.3, -0.25) is 9.69 Å². The number of likely N-dealkylation sites (tertiary alicyclic amines) is 1. The fourth-order valence-electron chi connectivity index (χ4n) is 2.68. The van der Waals surface area contributed by atoms with Gasteiger partial charge in [0.15, 0.2) is 0 Å². The number of carbonyl (C=O) groups is 1. The summed E-state index contributed by atoms with van der Waals surface area (Å²) >= 11 is 1.30. The van der Waals surface area contributed by atoms with Crippen LogP contribution in [0.5, 0.6) is 0 Å². The van der Waals surface area contributed by atoms with Crippen molar-refractivity contribution < 1.29 is 9.21 Å². The van der Waals surface area contributed by atoms with Crippen molar-refractivity contribution in [1.82, 2.24) is 20.4 Å². The number of amides is 1. The number of anilines is 1. The molecule has 118 valence electrons. The first-order chi connectivity index (χ1) is 10.7. The molecule has 0 aromatic carbocycles. The second-order valence-corrected chi connectivity index (χ2v) is 6.50. The third kappa shape index (κ3) is 3.83. The van der Waals surface area contributed by atoms with E-state index in [-0.39, 0.29) is 11.8 Å². The molecule has 1 saturated heterocycles. The molecule has 2 aromatic heterocycles. The monoisotopic (exact) mass is 321 g/mol. The second kappa shape index (κ2) is 6.89. The molecule has 1 aliphatic rings. The van der Waals surface area contributed by atoms with E-state index in [2.05, 4.69) is 20.4 Å². The van der Waals surface area contributed by atoms with Gasteiger partial charge in [-0.05, 0) is 31.5 Å². The van der Waals surface area contributed by atoms with Crippen LogP contribution in [-0.4, -0.2) is 34.1 Å². The highest BCUT2D eigenvalue weighted by Gasteiger charge is 2.26. The molecule has 1 atom stereocenters. The van der Waals surface area contributed by atoms with Crippen LogP contribution in [0.4, 0.5) is 5.13 Å². The molecule has 0 radical (unpaired) electrons. The van der Waals surface area contributed by atoms with Crippen molar-refractivity contribution in [2.45, 2.75) is 25.9 Å². The van der Waals surface area contributed by atoms with Crippen LogP contribution in [0.1, 0.15) is 23.6 Å². The number of hydrogen-bond donors (Lipinski definition) is 2. The van der Waals surface area contributed by atoms with E-state index in [1.54, 1.807) is 6.26 Å². The number of rotatable bonds is 5. The Hall–Kier alpha value is -1.93. The average Bonchev–Trinajstić information content (AvgIpc) is 3.17. The molecule has 22 heavy (non-hydrogen) atoms. The summed E-state index contributed by atoms with van der Waals surface area (Å²) in [7, 11) is 0. The molecule has 0 unspecified atom stereocenters. The van der Waals surface area contributed by atoms with Crippen molar-refractivity contribution >= 4 is 22.4 Å². The van der Waals surface area contributed by atoms with Gasteiger partial charge >= 0.3 is 0 Å². The maximum Gasteiger partial charge on any atom is 0.224 e. The Morgan fingerprint density at radius 1 is 1.55 bits per heavy atom. The summed E-state index contributed by atoms with van der Waals surface area (Å²) in [4.78, 5) is 14.5. The molecule has 3 N–H and O–H groups in total. The molecule has 1 amide bonds. The molecule has 0 aliphatic carbocycles. The van der Waals surface area contributed by atoms with E-state index in [4.69, 9.17) is 10.2 Å². The summed E-state index contributed by atoms with van der Waals surface area (Å²) in [5.74, 6) is 1.01. The van der Waals surface area contributed by atoms with E-state index in [0.717, 1.165) is 43.2 Å². The number of nitrogens with two attached hydrogens (primary N) is 1. The summed E-state index contributed by atoms with van der Waals surface area (Å²) in [6, 6.07) is 3.85. The van der Waals surface area contributed by atoms with Gasteiger partial charge in [-0.25, -0.2) is 0 Å². The Morgan fingerprint density at radius 2 is 2.45 bits per heavy atom. The van der Waals surface area contributed by atoms with Gasteiger partial charge in [-0.15, -0.1) is 10.2 Å². The van der Waals surface area contributed by atoms with Crippen LogP contribution in [0.3, 0.4) is 0 Å². The van der Waals surface area contributed by atoms with E-state index in [9.17, 15) is 4.79 Å². The lowest BCUT2D eigenvalue weighted by Crippen LogP contribution is -2.42. The summed E-state index contributed by atoms with van der Waals surface area (Å²) in [5, 5.41) is 11.7. The van der Waals surface area contributed by atoms with Crippen molar-refractivity contribution in [3.05, 3.63) is 29.2 Å². The minimum Gasteiger partial charge on any atom is -0.468 e. The Kier molecular flexibility index (Phi) is 4.69. The molecular formula is C14H19N5O2S. The Bertz CT molecular complexity index is 613. The average molecular weight is 321 g/mol. The number of aromatic nitrogens is 2. The summed E-state index contributed by atoms with van der Waals surface area (Å²) in [6.45, 7) is 2.90. The zero-order chi connectivity index (χ0) is 15.4. The van der Waals surface area contributed by atoms with Crippen LogP contribution in [0.2, 0.25) is 0 Å². The van der Waals surface area contributed by atoms with Crippen LogP contribution in [0.15, 0.2) is 22.8 Å². The summed E-state index contributed by atoms with van der Waals surface area (Å²) < 4.78 is 5.37. The SMILES string of the molecule is Nc1nnc(CNC(=O)[C@@H]2CCCN(Cc3ccco3)C2)s1. The van der Waals surface area contributed by atoms with Crippen LogP contribution in [-0.2, 0) is 17.9 Å². The van der Waals surface area contributed by atoms with E-state index >= 15 is 0 Å². The Morgan fingerprint density at radius 3 is 3.18 bits per heavy atom. The zero-order valence-electron chi connectivity index (χ0n) is 12.2. The minimum atomic E-state index is 0.00832. The zero-order valence-corrected chi connectivity index (χ0v) is 13.0. The number of piperidine rings is 1. The lowest BCUT2D eigenvalue weighted by Gasteiger charge is -2.31. The van der Waals surface area contributed by atoms with Gasteiger partial charge in [0, 0.05) is 6.54 Å². The quantitative estimate of drug-likeness (QED) is 0.860. The number of nitrogens with zero attached hydrogens (tertiary/aromatic N) is 3. The van der Waals surface area contributed by atoms with E-state index in [1.807, 2.05) is 12.1 Å². The first-order valence-electron chi connectivity index (χ1n) is 7.31. The first-order valence-corrected chi connectivity index (χ1v) is 8.12. The number of nitrogens with one attached hydrogen (secondary N) is 1. The van der Waals surface area contributed by atoms with Crippen LogP contribution < -0.4 is 11.1 Å². The molecule has 0 bridgehead atoms. The lowest BCUT2D eigenvalue weighted by atomic mass is 9.97. The number of carbonyl (C=O) groups excluding carboxylic acids is 1. The molecule has 3 heterocycles. The maximum atomic E-state index is 12.3. The minimum absolute atomic E-state index is 0.00832. The predicted molar refractivity (Wildman–Crippen MR) is 82.9 cm³/mol. The Labute approximate surface area is 132 Å². The number of furan rings is 1. The van der Waals surface area contributed by atoms with Gasteiger partial charge in [0.1, 0.15) is 10.8 Å². The Balaban J connectivity index is 1.49. The van der Waals surface area contributed by atoms with Crippen LogP contribution in [0, 0.1) is 5.92 Å². The molecule has 2 aromatic rings. The molecule has 1 aliphatic heterocycles. The van der Waals surface area contributed by atoms with Gasteiger partial charge < -0.3 is 15.5 Å². The van der Waals surface area contributed by atoms with Gasteiger partial charge in [-0.1, -0.05) is 11.3 Å². The molecule has 3 rings (SSSR count). The van der Waals surface area contributed by atoms with Crippen LogP contribution in [0.25, 0.3) is 0 Å². The van der Waals surface area contributed by atoms with Gasteiger partial charge in [0.25, 0.3) is 0 Å². The van der Waals surface area contributed by atoms with Crippen LogP contribution >= 0.6 is 11.3 Å². The fourth-order valence-corrected chi connectivity index (χ4v) is 3.23. The molecule has 8 heteroatoms. The third-order valence-corrected chi connectivity index (χ3v) is 4.48. The number of hydrogen-bond acceptors (Lipinski definition) is 7. The van der Waals surface area contributed by atoms with Gasteiger partial charge in [0.2, 0.25) is 11.0 Å². The van der Waals surface area contributed by atoms with E-state index < -0.39 is 0 Å². The number of nitrogen functional groups attached to an aromatic ring is 1. The van der Waals surface area contributed by atoms with E-state index in [1.165, 1.54) is 11.3 Å². The summed E-state index contributed by atoms with van der Waals surface area (Å²) in [6.07, 6.45) is 3.61. The highest BCUT2D eigenvalue weighted by molar-refractivity contribution is 7.15. The lowest BCUT2D eigenvalue weighted by molar-refractivity contribution is -0.127. The van der Waals surface area contributed by atoms with E-state index in [0.29, 0.717) is 11.7 Å². The smallest absolute Gasteiger partial charge is 0.224 e. The molecule has 0 spiro atoms. The first kappa shape index (κ1) is 15.0. The highest BCUT2D eigenvalue weighted by atomic mass is 32.1.